The summed E-state index contributed by atoms with van der Waals surface area (Å²) in [6, 6.07) is 48.8. The Balaban J connectivity index is 0.000000293. The van der Waals surface area contributed by atoms with Gasteiger partial charge in [-0.25, -0.2) is 0 Å². The third-order valence-electron chi connectivity index (χ3n) is 23.2. The highest BCUT2D eigenvalue weighted by atomic mass is 16.7. The van der Waals surface area contributed by atoms with Crippen LogP contribution in [-0.4, -0.2) is 73.5 Å². The van der Waals surface area contributed by atoms with Gasteiger partial charge in [0.1, 0.15) is 34.5 Å². The van der Waals surface area contributed by atoms with Gasteiger partial charge in [-0.2, -0.15) is 0 Å². The molecule has 0 saturated heterocycles. The lowest BCUT2D eigenvalue weighted by Crippen LogP contribution is -2.30. The normalized spacial score (nSPS) is 16.8. The molecule has 630 valence electrons. The van der Waals surface area contributed by atoms with Crippen molar-refractivity contribution in [2.45, 2.75) is 378 Å². The van der Waals surface area contributed by atoms with Crippen LogP contribution >= 0.6 is 0 Å². The lowest BCUT2D eigenvalue weighted by molar-refractivity contribution is -0.136. The van der Waals surface area contributed by atoms with E-state index >= 15 is 0 Å². The van der Waals surface area contributed by atoms with Crippen molar-refractivity contribution in [2.24, 2.45) is 23.7 Å². The van der Waals surface area contributed by atoms with Crippen molar-refractivity contribution < 1.29 is 52.8 Å². The molecular formula is C101H160O11. The number of phenolic OH excluding ortho intramolecular Hbond substituents is 2. The zero-order valence-electron chi connectivity index (χ0n) is 74.3. The number of hydrogen-bond donors (Lipinski definition) is 2. The molecule has 11 nitrogen and oxygen atoms in total. The molecule has 6 aromatic rings. The average Bonchev–Trinajstić information content (AvgIpc) is 0.912. The Morgan fingerprint density at radius 2 is 0.589 bits per heavy atom. The van der Waals surface area contributed by atoms with Crippen LogP contribution in [0.2, 0.25) is 0 Å². The quantitative estimate of drug-likeness (QED) is 0.0284. The average molecular weight is 1550 g/mol. The van der Waals surface area contributed by atoms with Crippen molar-refractivity contribution in [1.29, 1.82) is 0 Å². The second kappa shape index (κ2) is 57.1. The van der Waals surface area contributed by atoms with Gasteiger partial charge in [0.2, 0.25) is 0 Å². The molecule has 3 aliphatic carbocycles. The second-order valence-electron chi connectivity index (χ2n) is 33.3. The van der Waals surface area contributed by atoms with Gasteiger partial charge in [-0.1, -0.05) is 262 Å². The summed E-state index contributed by atoms with van der Waals surface area (Å²) in [5.41, 5.74) is 8.08. The van der Waals surface area contributed by atoms with Crippen molar-refractivity contribution in [3.05, 3.63) is 179 Å². The minimum Gasteiger partial charge on any atom is -0.508 e. The third kappa shape index (κ3) is 40.0. The summed E-state index contributed by atoms with van der Waals surface area (Å²) in [5, 5.41) is 18.0. The zero-order chi connectivity index (χ0) is 82.2. The van der Waals surface area contributed by atoms with Gasteiger partial charge in [-0.3, -0.25) is 0 Å². The summed E-state index contributed by atoms with van der Waals surface area (Å²) in [6.45, 7) is 48.3. The maximum atomic E-state index is 9.01. The fourth-order valence-corrected chi connectivity index (χ4v) is 14.3. The highest BCUT2D eigenvalue weighted by molar-refractivity contribution is 5.33. The van der Waals surface area contributed by atoms with Gasteiger partial charge in [0.05, 0.1) is 31.5 Å². The highest BCUT2D eigenvalue weighted by Crippen LogP contribution is 2.33. The summed E-state index contributed by atoms with van der Waals surface area (Å²) in [6.07, 6.45) is 29.2. The first kappa shape index (κ1) is 98.3. The van der Waals surface area contributed by atoms with E-state index in [0.29, 0.717) is 109 Å². The predicted molar refractivity (Wildman–Crippen MR) is 471 cm³/mol. The summed E-state index contributed by atoms with van der Waals surface area (Å²) >= 11 is 0. The maximum absolute atomic E-state index is 9.01. The molecule has 0 aromatic heterocycles. The molecule has 11 heteroatoms. The maximum Gasteiger partial charge on any atom is 0.200 e. The Morgan fingerprint density at radius 1 is 0.295 bits per heavy atom. The zero-order valence-corrected chi connectivity index (χ0v) is 74.3. The molecular weight excluding hydrogens is 1390 g/mol. The number of benzene rings is 6. The van der Waals surface area contributed by atoms with E-state index in [1.54, 1.807) is 24.3 Å². The van der Waals surface area contributed by atoms with E-state index in [4.69, 9.17) is 52.8 Å². The van der Waals surface area contributed by atoms with Gasteiger partial charge in [0.15, 0.2) is 25.2 Å². The van der Waals surface area contributed by atoms with Gasteiger partial charge in [-0.05, 0) is 256 Å². The summed E-state index contributed by atoms with van der Waals surface area (Å²) in [4.78, 5) is 0. The van der Waals surface area contributed by atoms with E-state index in [0.717, 1.165) is 67.9 Å². The van der Waals surface area contributed by atoms with Crippen LogP contribution in [0.4, 0.5) is 0 Å². The second-order valence-corrected chi connectivity index (χ2v) is 33.3. The van der Waals surface area contributed by atoms with Crippen LogP contribution in [0.1, 0.15) is 368 Å². The van der Waals surface area contributed by atoms with Crippen LogP contribution in [0.25, 0.3) is 0 Å². The van der Waals surface area contributed by atoms with Gasteiger partial charge in [0.25, 0.3) is 0 Å². The molecule has 3 saturated carbocycles. The molecule has 3 fully saturated rings. The van der Waals surface area contributed by atoms with E-state index < -0.39 is 0 Å². The van der Waals surface area contributed by atoms with Crippen LogP contribution in [0, 0.1) is 23.7 Å². The van der Waals surface area contributed by atoms with Crippen molar-refractivity contribution in [3.8, 4) is 34.5 Å². The fraction of sp³-hybridized carbons (Fsp3) is 0.644. The lowest BCUT2D eigenvalue weighted by Gasteiger charge is -2.30. The first-order valence-electron chi connectivity index (χ1n) is 44.7. The van der Waals surface area contributed by atoms with Gasteiger partial charge in [-0.15, -0.1) is 0 Å². The van der Waals surface area contributed by atoms with Crippen molar-refractivity contribution in [1.82, 2.24) is 0 Å². The molecule has 0 heterocycles. The number of hydrogen-bond acceptors (Lipinski definition) is 11. The van der Waals surface area contributed by atoms with E-state index in [1.165, 1.54) is 143 Å². The van der Waals surface area contributed by atoms with E-state index in [1.807, 2.05) is 50.2 Å². The van der Waals surface area contributed by atoms with Crippen LogP contribution in [-0.2, 0) is 23.7 Å². The molecule has 6 aromatic carbocycles. The summed E-state index contributed by atoms with van der Waals surface area (Å²) in [5.74, 6) is 10.2. The van der Waals surface area contributed by atoms with Crippen LogP contribution in [0.5, 0.6) is 34.5 Å². The monoisotopic (exact) mass is 1550 g/mol. The first-order valence-corrected chi connectivity index (χ1v) is 44.7. The molecule has 3 aliphatic rings. The minimum absolute atomic E-state index is 0.118. The van der Waals surface area contributed by atoms with Crippen LogP contribution in [0.15, 0.2) is 146 Å². The summed E-state index contributed by atoms with van der Waals surface area (Å²) in [7, 11) is 0. The SMILES string of the molecule is CCC(C)c1ccc(O)cc1.CCC(C)c1ccc(O)cc1.CCC(C)c1ccc(OC(C)OC2CCCCC2)cc1.CCC(C)c1ccc(OC(CC(C(C)C)C(C)C)OCCOC2CCCCC2)cc1.CCC(C)c1ccc(OC(CC(C)C)OC2CCCCC2)cc1.CCOC(CC)Oc1ccc(C(C)CC)cc1. The number of aromatic hydroxyl groups is 2. The molecule has 10 atom stereocenters. The third-order valence-corrected chi connectivity index (χ3v) is 23.2. The van der Waals surface area contributed by atoms with E-state index in [9.17, 15) is 0 Å². The molecule has 2 N–H and O–H groups in total. The van der Waals surface area contributed by atoms with Crippen molar-refractivity contribution in [3.63, 3.8) is 0 Å². The fourth-order valence-electron chi connectivity index (χ4n) is 14.3. The minimum atomic E-state index is -0.232. The van der Waals surface area contributed by atoms with Gasteiger partial charge < -0.3 is 52.8 Å². The molecule has 0 aliphatic heterocycles. The number of phenols is 2. The molecule has 112 heavy (non-hydrogen) atoms. The van der Waals surface area contributed by atoms with Crippen molar-refractivity contribution >= 4 is 0 Å². The predicted octanol–water partition coefficient (Wildman–Crippen LogP) is 29.3. The molecule has 0 radical (unpaired) electrons. The number of ether oxygens (including phenoxy) is 9. The largest absolute Gasteiger partial charge is 0.508 e. The Bertz CT molecular complexity index is 3150. The topological polar surface area (TPSA) is 124 Å². The van der Waals surface area contributed by atoms with E-state index in [2.05, 4.69) is 216 Å². The molecule has 0 amide bonds. The lowest BCUT2D eigenvalue weighted by atomic mass is 9.83. The van der Waals surface area contributed by atoms with Crippen molar-refractivity contribution in [2.75, 3.05) is 19.8 Å². The Hall–Kier alpha value is -6.08. The first-order chi connectivity index (χ1) is 53.8. The Morgan fingerprint density at radius 3 is 0.893 bits per heavy atom. The van der Waals surface area contributed by atoms with E-state index in [-0.39, 0.29) is 25.2 Å². The molecule has 0 spiro atoms. The molecule has 9 rings (SSSR count). The molecule has 10 unspecified atom stereocenters. The standard InChI is InChI=1S/C27H46O3.C21H34O2.C18H28O2.C15H24O2.2C10H14O/c1-7-22(6)23-13-15-25(16-14-23)30-27(19-26(20(2)3)21(4)5)29-18-17-28-24-11-9-8-10-12-24;1-5-17(4)18-11-13-20(14-12-18)23-21(15-16(2)3)22-19-9-7-6-8-10-19;1-4-14(2)16-10-12-18(13-11-16)20-15(3)19-17-8-6-5-7-9-17;1-5-12(4)13-8-10-14(11-9-13)17-15(6-2)16-7-3;2*1-3-8(2)9-4-6-10(11)7-5-9/h13-16,20-22,24,26-27H,7-12,17-19H2,1-6H3;11-14,16-17,19,21H,5-10,15H2,1-4H3;10-15,17H,4-9H2,1-3H3;8-12,15H,5-7H2,1-4H3;2*4-8,11H,3H2,1-2H3. The smallest absolute Gasteiger partial charge is 0.200 e. The van der Waals surface area contributed by atoms with Crippen LogP contribution < -0.4 is 18.9 Å². The highest BCUT2D eigenvalue weighted by Gasteiger charge is 2.26. The molecule has 0 bridgehead atoms. The Kier molecular flexibility index (Phi) is 50.1. The van der Waals surface area contributed by atoms with Gasteiger partial charge in [0, 0.05) is 25.9 Å². The summed E-state index contributed by atoms with van der Waals surface area (Å²) < 4.78 is 54.1. The Labute approximate surface area is 684 Å². The van der Waals surface area contributed by atoms with Gasteiger partial charge >= 0.3 is 0 Å². The van der Waals surface area contributed by atoms with Crippen LogP contribution in [0.3, 0.4) is 0 Å². The number of rotatable bonds is 38.